The Morgan fingerprint density at radius 2 is 1.62 bits per heavy atom. The third-order valence-electron chi connectivity index (χ3n) is 3.17. The molecule has 0 spiro atoms. The van der Waals surface area contributed by atoms with Gasteiger partial charge in [0.2, 0.25) is 5.82 Å². The number of fused-ring (bicyclic) bond motifs is 2. The summed E-state index contributed by atoms with van der Waals surface area (Å²) in [6.45, 7) is 0. The maximum Gasteiger partial charge on any atom is 0.371 e. The average Bonchev–Trinajstić information content (AvgIpc) is 3.21. The summed E-state index contributed by atoms with van der Waals surface area (Å²) in [5.41, 5.74) is 2.55. The second-order valence-corrected chi connectivity index (χ2v) is 4.71. The monoisotopic (exact) mass is 325 g/mol. The fourth-order valence-electron chi connectivity index (χ4n) is 2.09. The van der Waals surface area contributed by atoms with Crippen molar-refractivity contribution in [3.8, 4) is 0 Å². The lowest BCUT2D eigenvalue weighted by molar-refractivity contribution is 0.0679. The number of nitrogens with one attached hydrogen (secondary N) is 2. The predicted octanol–water partition coefficient (Wildman–Crippen LogP) is 1.92. The molecular weight excluding hydrogens is 314 g/mol. The van der Waals surface area contributed by atoms with E-state index in [1.807, 2.05) is 12.1 Å². The Morgan fingerprint density at radius 1 is 0.875 bits per heavy atom. The summed E-state index contributed by atoms with van der Waals surface area (Å²) in [6.07, 6.45) is 0. The quantitative estimate of drug-likeness (QED) is 0.440. The number of carboxylic acid groups (broad SMARTS) is 2. The van der Waals surface area contributed by atoms with E-state index in [0.717, 1.165) is 5.52 Å². The number of aromatic amines is 2. The minimum absolute atomic E-state index is 0.0174. The lowest BCUT2D eigenvalue weighted by Gasteiger charge is -1.91. The van der Waals surface area contributed by atoms with Gasteiger partial charge in [-0.15, -0.1) is 0 Å². The van der Waals surface area contributed by atoms with Crippen LogP contribution in [0, 0.1) is 0 Å². The van der Waals surface area contributed by atoms with Crippen molar-refractivity contribution in [1.29, 1.82) is 0 Å². The summed E-state index contributed by atoms with van der Waals surface area (Å²) >= 11 is 0. The van der Waals surface area contributed by atoms with Crippen LogP contribution in [0.25, 0.3) is 22.1 Å². The van der Waals surface area contributed by atoms with Crippen LogP contribution < -0.4 is 0 Å². The number of rotatable bonds is 2. The van der Waals surface area contributed by atoms with E-state index in [4.69, 9.17) is 10.2 Å². The van der Waals surface area contributed by atoms with Crippen LogP contribution in [0.15, 0.2) is 42.5 Å². The number of hydrogen-bond donors (Lipinski definition) is 4. The Kier molecular flexibility index (Phi) is 3.89. The first-order valence-electron chi connectivity index (χ1n) is 6.77. The molecule has 2 aromatic heterocycles. The highest BCUT2D eigenvalue weighted by atomic mass is 16.4. The molecule has 9 nitrogen and oxygen atoms in total. The van der Waals surface area contributed by atoms with E-state index in [1.165, 1.54) is 6.07 Å². The van der Waals surface area contributed by atoms with Gasteiger partial charge in [-0.25, -0.2) is 14.6 Å². The van der Waals surface area contributed by atoms with Gasteiger partial charge in [0.1, 0.15) is 11.0 Å². The summed E-state index contributed by atoms with van der Waals surface area (Å²) in [7, 11) is 0. The van der Waals surface area contributed by atoms with E-state index in [-0.39, 0.29) is 11.4 Å². The molecule has 24 heavy (non-hydrogen) atoms. The van der Waals surface area contributed by atoms with E-state index >= 15 is 0 Å². The van der Waals surface area contributed by atoms with Crippen LogP contribution in [0.2, 0.25) is 0 Å². The first kappa shape index (κ1) is 15.2. The normalized spacial score (nSPS) is 10.3. The molecule has 120 valence electrons. The molecular formula is C15H11N5O4. The van der Waals surface area contributed by atoms with Crippen LogP contribution in [0.1, 0.15) is 21.0 Å². The minimum Gasteiger partial charge on any atom is -0.478 e. The number of imidazole rings is 1. The smallest absolute Gasteiger partial charge is 0.371 e. The first-order chi connectivity index (χ1) is 11.6. The lowest BCUT2D eigenvalue weighted by atomic mass is 10.2. The molecule has 0 radical (unpaired) electrons. The molecule has 0 saturated heterocycles. The summed E-state index contributed by atoms with van der Waals surface area (Å²) < 4.78 is 0. The van der Waals surface area contributed by atoms with E-state index in [2.05, 4.69) is 25.4 Å². The molecule has 2 heterocycles. The highest BCUT2D eigenvalue weighted by molar-refractivity contribution is 6.00. The van der Waals surface area contributed by atoms with Gasteiger partial charge < -0.3 is 15.2 Å². The van der Waals surface area contributed by atoms with Gasteiger partial charge in [-0.3, -0.25) is 0 Å². The maximum absolute atomic E-state index is 10.6. The van der Waals surface area contributed by atoms with Gasteiger partial charge in [-0.1, -0.05) is 18.2 Å². The minimum atomic E-state index is -1.04. The number of para-hydroxylation sites is 3. The number of carbonyl (C=O) groups is 2. The molecule has 4 rings (SSSR count). The van der Waals surface area contributed by atoms with Crippen LogP contribution in [0.3, 0.4) is 0 Å². The third-order valence-corrected chi connectivity index (χ3v) is 3.17. The zero-order valence-corrected chi connectivity index (χ0v) is 12.1. The van der Waals surface area contributed by atoms with Crippen LogP contribution in [-0.4, -0.2) is 47.5 Å². The van der Waals surface area contributed by atoms with Gasteiger partial charge in [0.25, 0.3) is 0 Å². The number of H-pyrrole nitrogens is 2. The number of aromatic carboxylic acids is 2. The average molecular weight is 325 g/mol. The molecule has 0 atom stereocenters. The van der Waals surface area contributed by atoms with Crippen molar-refractivity contribution in [2.75, 3.05) is 0 Å². The fraction of sp³-hybridized carbons (Fsp3) is 0. The van der Waals surface area contributed by atoms with Crippen LogP contribution in [0.4, 0.5) is 0 Å². The van der Waals surface area contributed by atoms with Gasteiger partial charge in [0, 0.05) is 0 Å². The van der Waals surface area contributed by atoms with E-state index in [0.29, 0.717) is 16.6 Å². The van der Waals surface area contributed by atoms with Crippen molar-refractivity contribution in [1.82, 2.24) is 25.4 Å². The van der Waals surface area contributed by atoms with Gasteiger partial charge >= 0.3 is 11.9 Å². The Hall–Kier alpha value is -3.75. The van der Waals surface area contributed by atoms with E-state index < -0.39 is 11.9 Å². The van der Waals surface area contributed by atoms with Crippen LogP contribution in [0.5, 0.6) is 0 Å². The lowest BCUT2D eigenvalue weighted by Crippen LogP contribution is -1.97. The van der Waals surface area contributed by atoms with Crippen molar-refractivity contribution < 1.29 is 19.8 Å². The molecule has 9 heteroatoms. The predicted molar refractivity (Wildman–Crippen MR) is 83.9 cm³/mol. The molecule has 0 amide bonds. The summed E-state index contributed by atoms with van der Waals surface area (Å²) in [5.74, 6) is -2.04. The van der Waals surface area contributed by atoms with Gasteiger partial charge in [0.05, 0.1) is 16.6 Å². The van der Waals surface area contributed by atoms with Crippen molar-refractivity contribution >= 4 is 34.0 Å². The van der Waals surface area contributed by atoms with Crippen molar-refractivity contribution in [3.05, 3.63) is 53.9 Å². The van der Waals surface area contributed by atoms with E-state index in [9.17, 15) is 9.59 Å². The standard InChI is InChI=1S/C8H6N2O2.C7H5N3O2/c11-8(12)7-9-5-3-1-2-4-6(5)10-7;11-7(12)4-2-1-3-5-6(4)9-10-8-5/h1-4H,(H,9,10)(H,11,12);1-3H,(H,11,12)(H,8,9,10). The molecule has 4 N–H and O–H groups in total. The number of hydrogen-bond acceptors (Lipinski definition) is 5. The maximum atomic E-state index is 10.6. The zero-order chi connectivity index (χ0) is 17.1. The molecule has 0 fully saturated rings. The SMILES string of the molecule is O=C(O)c1cccc2n[nH]nc12.O=C(O)c1nc2ccccc2[nH]1. The largest absolute Gasteiger partial charge is 0.478 e. The molecule has 0 aliphatic heterocycles. The fourth-order valence-corrected chi connectivity index (χ4v) is 2.09. The molecule has 0 bridgehead atoms. The van der Waals surface area contributed by atoms with Gasteiger partial charge in [0.15, 0.2) is 0 Å². The molecule has 0 aliphatic carbocycles. The van der Waals surface area contributed by atoms with Crippen LogP contribution in [-0.2, 0) is 0 Å². The Bertz CT molecular complexity index is 1000. The number of aromatic nitrogens is 5. The second kappa shape index (κ2) is 6.16. The second-order valence-electron chi connectivity index (χ2n) is 4.71. The molecule has 0 aliphatic rings. The third kappa shape index (κ3) is 2.90. The highest BCUT2D eigenvalue weighted by Gasteiger charge is 2.10. The topological polar surface area (TPSA) is 145 Å². The highest BCUT2D eigenvalue weighted by Crippen LogP contribution is 2.12. The van der Waals surface area contributed by atoms with Crippen molar-refractivity contribution in [2.45, 2.75) is 0 Å². The zero-order valence-electron chi connectivity index (χ0n) is 12.1. The van der Waals surface area contributed by atoms with Crippen LogP contribution >= 0.6 is 0 Å². The van der Waals surface area contributed by atoms with Gasteiger partial charge in [-0.2, -0.15) is 15.4 Å². The number of benzene rings is 2. The van der Waals surface area contributed by atoms with Crippen molar-refractivity contribution in [2.24, 2.45) is 0 Å². The Balaban J connectivity index is 0.000000141. The van der Waals surface area contributed by atoms with E-state index in [1.54, 1.807) is 24.3 Å². The Morgan fingerprint density at radius 3 is 2.33 bits per heavy atom. The number of nitrogens with zero attached hydrogens (tertiary/aromatic N) is 3. The molecule has 0 unspecified atom stereocenters. The first-order valence-corrected chi connectivity index (χ1v) is 6.77. The summed E-state index contributed by atoms with van der Waals surface area (Å²) in [5, 5.41) is 27.2. The summed E-state index contributed by atoms with van der Waals surface area (Å²) in [4.78, 5) is 27.6. The summed E-state index contributed by atoms with van der Waals surface area (Å²) in [6, 6.07) is 12.0. The van der Waals surface area contributed by atoms with Crippen molar-refractivity contribution in [3.63, 3.8) is 0 Å². The molecule has 4 aromatic rings. The van der Waals surface area contributed by atoms with Gasteiger partial charge in [-0.05, 0) is 24.3 Å². The molecule has 2 aromatic carbocycles. The number of carboxylic acids is 2. The Labute approximate surface area is 134 Å². The molecule has 0 saturated carbocycles.